The highest BCUT2D eigenvalue weighted by atomic mass is 16.6. The van der Waals surface area contributed by atoms with Gasteiger partial charge in [-0.3, -0.25) is 4.90 Å². The van der Waals surface area contributed by atoms with Crippen molar-refractivity contribution in [2.45, 2.75) is 58.8 Å². The molecule has 150 valence electrons. The zero-order chi connectivity index (χ0) is 20.8. The van der Waals surface area contributed by atoms with E-state index in [9.17, 15) is 19.5 Å². The number of carboxylic acid groups (broad SMARTS) is 1. The second kappa shape index (κ2) is 9.39. The van der Waals surface area contributed by atoms with Crippen LogP contribution in [-0.2, 0) is 25.5 Å². The van der Waals surface area contributed by atoms with Gasteiger partial charge in [0.2, 0.25) is 6.10 Å². The number of aliphatic carboxylic acids is 1. The molecule has 0 bridgehead atoms. The molecule has 1 amide bonds. The molecule has 0 unspecified atom stereocenters. The lowest BCUT2D eigenvalue weighted by Gasteiger charge is -2.30. The number of hydrogen-bond acceptors (Lipinski definition) is 5. The average Bonchev–Trinajstić information content (AvgIpc) is 2.55. The van der Waals surface area contributed by atoms with E-state index in [-0.39, 0.29) is 6.42 Å². The Bertz CT molecular complexity index is 650. The van der Waals surface area contributed by atoms with E-state index in [0.717, 1.165) is 10.5 Å². The molecular weight excluding hydrogens is 350 g/mol. The molecule has 0 aliphatic rings. The first-order valence-corrected chi connectivity index (χ1v) is 8.85. The van der Waals surface area contributed by atoms with Gasteiger partial charge in [0.15, 0.2) is 0 Å². The molecule has 0 aliphatic carbocycles. The van der Waals surface area contributed by atoms with Crippen molar-refractivity contribution < 1.29 is 29.0 Å². The number of benzene rings is 1. The molecule has 2 atom stereocenters. The van der Waals surface area contributed by atoms with Gasteiger partial charge in [0.1, 0.15) is 11.6 Å². The molecule has 27 heavy (non-hydrogen) atoms. The van der Waals surface area contributed by atoms with Crippen LogP contribution in [0.4, 0.5) is 4.79 Å². The molecule has 1 aromatic carbocycles. The summed E-state index contributed by atoms with van der Waals surface area (Å²) < 4.78 is 10.6. The standard InChI is InChI=1S/C20H29NO6/c1-13(2)16(17(22)23)26-18(24)15(12-14-10-8-7-9-11-14)21(6)19(25)27-20(3,4)5/h7-11,13,15-16H,12H2,1-6H3,(H,22,23)/t15-,16+/m0/s1. The molecule has 0 saturated heterocycles. The molecule has 0 radical (unpaired) electrons. The molecule has 0 saturated carbocycles. The fraction of sp³-hybridized carbons (Fsp3) is 0.550. The van der Waals surface area contributed by atoms with E-state index in [1.165, 1.54) is 7.05 Å². The van der Waals surface area contributed by atoms with E-state index < -0.39 is 41.7 Å². The fourth-order valence-corrected chi connectivity index (χ4v) is 2.35. The highest BCUT2D eigenvalue weighted by molar-refractivity contribution is 5.84. The second-order valence-electron chi connectivity index (χ2n) is 7.74. The van der Waals surface area contributed by atoms with Crippen molar-refractivity contribution >= 4 is 18.0 Å². The van der Waals surface area contributed by atoms with Gasteiger partial charge >= 0.3 is 18.0 Å². The summed E-state index contributed by atoms with van der Waals surface area (Å²) in [5.41, 5.74) is 0.0833. The summed E-state index contributed by atoms with van der Waals surface area (Å²) >= 11 is 0. The van der Waals surface area contributed by atoms with E-state index in [2.05, 4.69) is 0 Å². The molecule has 1 N–H and O–H groups in total. The van der Waals surface area contributed by atoms with Gasteiger partial charge in [-0.2, -0.15) is 0 Å². The normalized spacial score (nSPS) is 13.6. The maximum absolute atomic E-state index is 12.7. The lowest BCUT2D eigenvalue weighted by molar-refractivity contribution is -0.170. The Morgan fingerprint density at radius 3 is 2.11 bits per heavy atom. The van der Waals surface area contributed by atoms with Crippen molar-refractivity contribution in [2.24, 2.45) is 5.92 Å². The predicted molar refractivity (Wildman–Crippen MR) is 100 cm³/mol. The maximum atomic E-state index is 12.7. The molecule has 0 spiro atoms. The van der Waals surface area contributed by atoms with Gasteiger partial charge in [0.05, 0.1) is 0 Å². The van der Waals surface area contributed by atoms with Crippen molar-refractivity contribution in [3.63, 3.8) is 0 Å². The SMILES string of the molecule is CC(C)[C@@H](OC(=O)[C@H](Cc1ccccc1)N(C)C(=O)OC(C)(C)C)C(=O)O. The summed E-state index contributed by atoms with van der Waals surface area (Å²) in [5, 5.41) is 9.28. The number of rotatable bonds is 7. The van der Waals surface area contributed by atoms with E-state index in [0.29, 0.717) is 0 Å². The van der Waals surface area contributed by atoms with Gasteiger partial charge in [0, 0.05) is 19.4 Å². The number of carbonyl (C=O) groups is 3. The number of nitrogens with zero attached hydrogens (tertiary/aromatic N) is 1. The van der Waals surface area contributed by atoms with Crippen molar-refractivity contribution in [1.29, 1.82) is 0 Å². The van der Waals surface area contributed by atoms with E-state index in [1.54, 1.807) is 34.6 Å². The van der Waals surface area contributed by atoms with Crippen LogP contribution in [0.25, 0.3) is 0 Å². The molecule has 1 aromatic rings. The number of carboxylic acids is 1. The smallest absolute Gasteiger partial charge is 0.410 e. The predicted octanol–water partition coefficient (Wildman–Crippen LogP) is 3.12. The van der Waals surface area contributed by atoms with Crippen molar-refractivity contribution in [2.75, 3.05) is 7.05 Å². The molecule has 1 rings (SSSR count). The lowest BCUT2D eigenvalue weighted by Crippen LogP contribution is -2.48. The quantitative estimate of drug-likeness (QED) is 0.732. The van der Waals surface area contributed by atoms with E-state index >= 15 is 0 Å². The zero-order valence-corrected chi connectivity index (χ0v) is 16.8. The van der Waals surface area contributed by atoms with Crippen LogP contribution in [-0.4, -0.2) is 52.8 Å². The molecule has 7 heteroatoms. The average molecular weight is 379 g/mol. The van der Waals surface area contributed by atoms with Crippen LogP contribution in [0.2, 0.25) is 0 Å². The number of ether oxygens (including phenoxy) is 2. The van der Waals surface area contributed by atoms with Crippen LogP contribution < -0.4 is 0 Å². The zero-order valence-electron chi connectivity index (χ0n) is 16.8. The Kier molecular flexibility index (Phi) is 7.82. The summed E-state index contributed by atoms with van der Waals surface area (Å²) in [6.07, 6.45) is -1.79. The van der Waals surface area contributed by atoms with Gasteiger partial charge in [-0.25, -0.2) is 14.4 Å². The Morgan fingerprint density at radius 2 is 1.67 bits per heavy atom. The summed E-state index contributed by atoms with van der Waals surface area (Å²) in [4.78, 5) is 37.7. The molecule has 0 heterocycles. The van der Waals surface area contributed by atoms with E-state index in [1.807, 2.05) is 30.3 Å². The number of esters is 1. The second-order valence-corrected chi connectivity index (χ2v) is 7.74. The van der Waals surface area contributed by atoms with Gasteiger partial charge in [-0.1, -0.05) is 44.2 Å². The number of likely N-dealkylation sites (N-methyl/N-ethyl adjacent to an activating group) is 1. The van der Waals surface area contributed by atoms with Crippen molar-refractivity contribution in [3.8, 4) is 0 Å². The van der Waals surface area contributed by atoms with Crippen LogP contribution in [0.15, 0.2) is 30.3 Å². The summed E-state index contributed by atoms with van der Waals surface area (Å²) in [7, 11) is 1.44. The third-order valence-electron chi connectivity index (χ3n) is 3.78. The monoisotopic (exact) mass is 379 g/mol. The lowest BCUT2D eigenvalue weighted by atomic mass is 10.0. The van der Waals surface area contributed by atoms with Crippen LogP contribution in [0.1, 0.15) is 40.2 Å². The number of amides is 1. The third-order valence-corrected chi connectivity index (χ3v) is 3.78. The topological polar surface area (TPSA) is 93.1 Å². The molecular formula is C20H29NO6. The summed E-state index contributed by atoms with van der Waals surface area (Å²) in [6.45, 7) is 8.47. The van der Waals surface area contributed by atoms with Crippen molar-refractivity contribution in [1.82, 2.24) is 4.90 Å². The first-order chi connectivity index (χ1) is 12.4. The third kappa shape index (κ3) is 7.29. The number of hydrogen-bond donors (Lipinski definition) is 1. The van der Waals surface area contributed by atoms with Gasteiger partial charge < -0.3 is 14.6 Å². The minimum Gasteiger partial charge on any atom is -0.478 e. The Balaban J connectivity index is 3.07. The summed E-state index contributed by atoms with van der Waals surface area (Å²) in [6, 6.07) is 8.11. The van der Waals surface area contributed by atoms with Crippen LogP contribution >= 0.6 is 0 Å². The Morgan fingerprint density at radius 1 is 1.11 bits per heavy atom. The number of carbonyl (C=O) groups excluding carboxylic acids is 2. The van der Waals surface area contributed by atoms with Gasteiger partial charge in [-0.15, -0.1) is 0 Å². The minimum absolute atomic E-state index is 0.180. The minimum atomic E-state index is -1.29. The molecule has 0 fully saturated rings. The summed E-state index contributed by atoms with van der Waals surface area (Å²) in [5.74, 6) is -2.42. The Hall–Kier alpha value is -2.57. The fourth-order valence-electron chi connectivity index (χ4n) is 2.35. The van der Waals surface area contributed by atoms with Gasteiger partial charge in [0.25, 0.3) is 0 Å². The van der Waals surface area contributed by atoms with Crippen LogP contribution in [0.5, 0.6) is 0 Å². The largest absolute Gasteiger partial charge is 0.478 e. The highest BCUT2D eigenvalue weighted by Gasteiger charge is 2.35. The van der Waals surface area contributed by atoms with Crippen LogP contribution in [0.3, 0.4) is 0 Å². The van der Waals surface area contributed by atoms with Crippen LogP contribution in [0, 0.1) is 5.92 Å². The molecule has 7 nitrogen and oxygen atoms in total. The Labute approximate surface area is 160 Å². The first-order valence-electron chi connectivity index (χ1n) is 8.85. The molecule has 0 aromatic heterocycles. The maximum Gasteiger partial charge on any atom is 0.410 e. The highest BCUT2D eigenvalue weighted by Crippen LogP contribution is 2.17. The van der Waals surface area contributed by atoms with Gasteiger partial charge in [-0.05, 0) is 26.3 Å². The molecule has 0 aliphatic heterocycles. The van der Waals surface area contributed by atoms with Crippen molar-refractivity contribution in [3.05, 3.63) is 35.9 Å². The van der Waals surface area contributed by atoms with E-state index in [4.69, 9.17) is 9.47 Å². The first kappa shape index (κ1) is 22.5.